The van der Waals surface area contributed by atoms with Crippen molar-refractivity contribution in [1.29, 1.82) is 0 Å². The first kappa shape index (κ1) is 12.9. The molecular weight excluding hydrogens is 212 g/mol. The molecule has 1 rings (SSSR count). The molecule has 0 amide bonds. The molecular formula is C12H17F2NO. The first-order valence-electron chi connectivity index (χ1n) is 5.22. The van der Waals surface area contributed by atoms with Crippen LogP contribution in [0.15, 0.2) is 18.2 Å². The zero-order valence-electron chi connectivity index (χ0n) is 9.81. The summed E-state index contributed by atoms with van der Waals surface area (Å²) in [7, 11) is 0. The third kappa shape index (κ3) is 4.14. The van der Waals surface area contributed by atoms with Crippen molar-refractivity contribution in [3.05, 3.63) is 29.8 Å². The van der Waals surface area contributed by atoms with Crippen LogP contribution in [0.5, 0.6) is 0 Å². The van der Waals surface area contributed by atoms with Gasteiger partial charge in [0.2, 0.25) is 0 Å². The largest absolute Gasteiger partial charge is 0.378 e. The standard InChI is InChI=1S/C12H17F2NO/c1-12(2,3)16-8-7-15-11-9(13)5-4-6-10(11)14/h4-6,15H,7-8H2,1-3H3. The number of hydrogen-bond acceptors (Lipinski definition) is 2. The van der Waals surface area contributed by atoms with Gasteiger partial charge in [0.25, 0.3) is 0 Å². The van der Waals surface area contributed by atoms with E-state index in [1.54, 1.807) is 0 Å². The fourth-order valence-electron chi connectivity index (χ4n) is 1.20. The third-order valence-corrected chi connectivity index (χ3v) is 1.90. The average Bonchev–Trinajstić information content (AvgIpc) is 2.14. The summed E-state index contributed by atoms with van der Waals surface area (Å²) in [5.74, 6) is -1.17. The van der Waals surface area contributed by atoms with E-state index in [1.165, 1.54) is 18.2 Å². The SMILES string of the molecule is CC(C)(C)OCCNc1c(F)cccc1F. The van der Waals surface area contributed by atoms with Gasteiger partial charge in [-0.25, -0.2) is 8.78 Å². The van der Waals surface area contributed by atoms with Gasteiger partial charge in [-0.3, -0.25) is 0 Å². The molecule has 0 aliphatic carbocycles. The molecule has 90 valence electrons. The molecule has 0 aliphatic rings. The zero-order chi connectivity index (χ0) is 12.2. The molecule has 1 aromatic rings. The number of hydrogen-bond donors (Lipinski definition) is 1. The van der Waals surface area contributed by atoms with Crippen molar-refractivity contribution in [2.24, 2.45) is 0 Å². The number of benzene rings is 1. The molecule has 0 bridgehead atoms. The summed E-state index contributed by atoms with van der Waals surface area (Å²) in [5.41, 5.74) is -0.338. The molecule has 0 aromatic heterocycles. The molecule has 0 saturated carbocycles. The normalized spacial score (nSPS) is 11.6. The Morgan fingerprint density at radius 3 is 2.25 bits per heavy atom. The van der Waals surface area contributed by atoms with Gasteiger partial charge < -0.3 is 10.1 Å². The van der Waals surface area contributed by atoms with Crippen molar-refractivity contribution in [3.63, 3.8) is 0 Å². The zero-order valence-corrected chi connectivity index (χ0v) is 9.81. The van der Waals surface area contributed by atoms with Crippen LogP contribution in [-0.4, -0.2) is 18.8 Å². The Morgan fingerprint density at radius 2 is 1.75 bits per heavy atom. The molecule has 0 fully saturated rings. The van der Waals surface area contributed by atoms with Crippen LogP contribution in [0, 0.1) is 11.6 Å². The molecule has 2 nitrogen and oxygen atoms in total. The Bertz CT molecular complexity index is 327. The van der Waals surface area contributed by atoms with E-state index in [1.807, 2.05) is 20.8 Å². The van der Waals surface area contributed by atoms with Crippen molar-refractivity contribution in [1.82, 2.24) is 0 Å². The van der Waals surface area contributed by atoms with Gasteiger partial charge in [-0.1, -0.05) is 6.07 Å². The summed E-state index contributed by atoms with van der Waals surface area (Å²) in [6.07, 6.45) is 0. The Balaban J connectivity index is 2.43. The van der Waals surface area contributed by atoms with E-state index >= 15 is 0 Å². The lowest BCUT2D eigenvalue weighted by Crippen LogP contribution is -2.23. The predicted molar refractivity (Wildman–Crippen MR) is 60.6 cm³/mol. The number of nitrogens with one attached hydrogen (secondary N) is 1. The van der Waals surface area contributed by atoms with Crippen LogP contribution in [0.3, 0.4) is 0 Å². The number of para-hydroxylation sites is 1. The molecule has 0 unspecified atom stereocenters. The summed E-state index contributed by atoms with van der Waals surface area (Å²) in [5, 5.41) is 2.68. The second kappa shape index (κ2) is 5.25. The van der Waals surface area contributed by atoms with E-state index in [2.05, 4.69) is 5.32 Å². The molecule has 1 aromatic carbocycles. The highest BCUT2D eigenvalue weighted by atomic mass is 19.1. The minimum Gasteiger partial charge on any atom is -0.378 e. The fraction of sp³-hybridized carbons (Fsp3) is 0.500. The molecule has 0 radical (unpaired) electrons. The van der Waals surface area contributed by atoms with Crippen LogP contribution >= 0.6 is 0 Å². The minimum atomic E-state index is -0.587. The van der Waals surface area contributed by atoms with Crippen molar-refractivity contribution < 1.29 is 13.5 Å². The smallest absolute Gasteiger partial charge is 0.149 e. The van der Waals surface area contributed by atoms with E-state index in [4.69, 9.17) is 4.74 Å². The highest BCUT2D eigenvalue weighted by Crippen LogP contribution is 2.17. The molecule has 0 saturated heterocycles. The maximum atomic E-state index is 13.2. The summed E-state index contributed by atoms with van der Waals surface area (Å²) in [6, 6.07) is 3.77. The lowest BCUT2D eigenvalue weighted by atomic mass is 10.2. The van der Waals surface area contributed by atoms with Gasteiger partial charge in [0.15, 0.2) is 0 Å². The van der Waals surface area contributed by atoms with E-state index in [-0.39, 0.29) is 11.3 Å². The third-order valence-electron chi connectivity index (χ3n) is 1.90. The van der Waals surface area contributed by atoms with E-state index < -0.39 is 11.6 Å². The van der Waals surface area contributed by atoms with Gasteiger partial charge in [0, 0.05) is 6.54 Å². The Hall–Kier alpha value is -1.16. The van der Waals surface area contributed by atoms with Gasteiger partial charge in [-0.15, -0.1) is 0 Å². The first-order valence-corrected chi connectivity index (χ1v) is 5.22. The van der Waals surface area contributed by atoms with Gasteiger partial charge in [0.05, 0.1) is 12.2 Å². The molecule has 16 heavy (non-hydrogen) atoms. The van der Waals surface area contributed by atoms with Crippen LogP contribution in [0.25, 0.3) is 0 Å². The second-order valence-corrected chi connectivity index (χ2v) is 4.48. The molecule has 0 aliphatic heterocycles. The van der Waals surface area contributed by atoms with Crippen molar-refractivity contribution >= 4 is 5.69 Å². The fourth-order valence-corrected chi connectivity index (χ4v) is 1.20. The number of rotatable bonds is 4. The number of anilines is 1. The Morgan fingerprint density at radius 1 is 1.19 bits per heavy atom. The summed E-state index contributed by atoms with van der Waals surface area (Å²) in [4.78, 5) is 0. The van der Waals surface area contributed by atoms with Crippen LogP contribution in [0.1, 0.15) is 20.8 Å². The number of ether oxygens (including phenoxy) is 1. The average molecular weight is 229 g/mol. The lowest BCUT2D eigenvalue weighted by molar-refractivity contribution is 0.00330. The highest BCUT2D eigenvalue weighted by Gasteiger charge is 2.10. The topological polar surface area (TPSA) is 21.3 Å². The minimum absolute atomic E-state index is 0.0972. The van der Waals surface area contributed by atoms with E-state index in [0.717, 1.165) is 0 Å². The quantitative estimate of drug-likeness (QED) is 0.800. The van der Waals surface area contributed by atoms with Crippen LogP contribution in [0.4, 0.5) is 14.5 Å². The Labute approximate surface area is 94.6 Å². The summed E-state index contributed by atoms with van der Waals surface area (Å²) < 4.78 is 31.8. The van der Waals surface area contributed by atoms with Crippen molar-refractivity contribution in [2.75, 3.05) is 18.5 Å². The highest BCUT2D eigenvalue weighted by molar-refractivity contribution is 5.45. The van der Waals surface area contributed by atoms with Crippen LogP contribution in [0.2, 0.25) is 0 Å². The Kier molecular flexibility index (Phi) is 4.24. The summed E-state index contributed by atoms with van der Waals surface area (Å²) >= 11 is 0. The molecule has 0 heterocycles. The molecule has 0 spiro atoms. The van der Waals surface area contributed by atoms with E-state index in [9.17, 15) is 8.78 Å². The maximum Gasteiger partial charge on any atom is 0.149 e. The predicted octanol–water partition coefficient (Wildman–Crippen LogP) is 3.19. The molecule has 0 atom stereocenters. The lowest BCUT2D eigenvalue weighted by Gasteiger charge is -2.19. The van der Waals surface area contributed by atoms with Crippen LogP contribution < -0.4 is 5.32 Å². The molecule has 4 heteroatoms. The summed E-state index contributed by atoms with van der Waals surface area (Å²) in [6.45, 7) is 6.55. The first-order chi connectivity index (χ1) is 7.40. The van der Waals surface area contributed by atoms with Crippen LogP contribution in [-0.2, 0) is 4.74 Å². The number of halogens is 2. The van der Waals surface area contributed by atoms with Crippen molar-refractivity contribution in [3.8, 4) is 0 Å². The van der Waals surface area contributed by atoms with Gasteiger partial charge in [-0.05, 0) is 32.9 Å². The van der Waals surface area contributed by atoms with Gasteiger partial charge >= 0.3 is 0 Å². The molecule has 1 N–H and O–H groups in total. The van der Waals surface area contributed by atoms with Crippen molar-refractivity contribution in [2.45, 2.75) is 26.4 Å². The monoisotopic (exact) mass is 229 g/mol. The maximum absolute atomic E-state index is 13.2. The van der Waals surface area contributed by atoms with Gasteiger partial charge in [-0.2, -0.15) is 0 Å². The van der Waals surface area contributed by atoms with Gasteiger partial charge in [0.1, 0.15) is 17.3 Å². The second-order valence-electron chi connectivity index (χ2n) is 4.48. The van der Waals surface area contributed by atoms with E-state index in [0.29, 0.717) is 13.2 Å².